The summed E-state index contributed by atoms with van der Waals surface area (Å²) in [5, 5.41) is 2.81. The van der Waals surface area contributed by atoms with Crippen molar-refractivity contribution in [3.8, 4) is 5.75 Å². The zero-order valence-electron chi connectivity index (χ0n) is 11.2. The van der Waals surface area contributed by atoms with E-state index in [2.05, 4.69) is 12.2 Å². The van der Waals surface area contributed by atoms with Crippen molar-refractivity contribution in [2.24, 2.45) is 5.73 Å². The molecule has 18 heavy (non-hydrogen) atoms. The molecule has 1 rings (SSSR count). The van der Waals surface area contributed by atoms with Gasteiger partial charge in [0.25, 0.3) is 5.91 Å². The van der Waals surface area contributed by atoms with Crippen LogP contribution >= 0.6 is 0 Å². The molecule has 0 saturated heterocycles. The Balaban J connectivity index is 2.45. The lowest BCUT2D eigenvalue weighted by molar-refractivity contribution is -0.123. The number of nitrogens with two attached hydrogens (primary N) is 1. The second-order valence-electron chi connectivity index (χ2n) is 4.31. The quantitative estimate of drug-likeness (QED) is 0.725. The van der Waals surface area contributed by atoms with Crippen LogP contribution in [0.15, 0.2) is 18.2 Å². The minimum absolute atomic E-state index is 0.0414. The fourth-order valence-electron chi connectivity index (χ4n) is 1.61. The summed E-state index contributed by atoms with van der Waals surface area (Å²) in [5.74, 6) is 0.598. The lowest BCUT2D eigenvalue weighted by Gasteiger charge is -2.11. The van der Waals surface area contributed by atoms with Gasteiger partial charge in [0, 0.05) is 18.7 Å². The molecule has 4 heteroatoms. The number of nitrogens with one attached hydrogen (secondary N) is 1. The van der Waals surface area contributed by atoms with E-state index in [9.17, 15) is 4.79 Å². The topological polar surface area (TPSA) is 64.3 Å². The Morgan fingerprint density at radius 3 is 2.89 bits per heavy atom. The van der Waals surface area contributed by atoms with E-state index in [0.717, 1.165) is 24.0 Å². The van der Waals surface area contributed by atoms with Gasteiger partial charge in [-0.3, -0.25) is 4.79 Å². The second-order valence-corrected chi connectivity index (χ2v) is 4.31. The van der Waals surface area contributed by atoms with Crippen LogP contribution in [0.5, 0.6) is 5.75 Å². The highest BCUT2D eigenvalue weighted by Gasteiger charge is 2.05. The summed E-state index contributed by atoms with van der Waals surface area (Å²) in [5.41, 5.74) is 7.71. The normalized spacial score (nSPS) is 10.2. The molecule has 0 fully saturated rings. The van der Waals surface area contributed by atoms with Crippen LogP contribution < -0.4 is 15.8 Å². The first-order valence-electron chi connectivity index (χ1n) is 6.36. The van der Waals surface area contributed by atoms with Crippen LogP contribution in [0.4, 0.5) is 0 Å². The summed E-state index contributed by atoms with van der Waals surface area (Å²) in [6.07, 6.45) is 2.06. The van der Waals surface area contributed by atoms with E-state index in [0.29, 0.717) is 18.8 Å². The Labute approximate surface area is 109 Å². The van der Waals surface area contributed by atoms with Gasteiger partial charge in [0.15, 0.2) is 6.61 Å². The van der Waals surface area contributed by atoms with E-state index in [1.165, 1.54) is 0 Å². The van der Waals surface area contributed by atoms with Crippen LogP contribution in [0.1, 0.15) is 30.9 Å². The number of aryl methyl sites for hydroxylation is 1. The van der Waals surface area contributed by atoms with Crippen molar-refractivity contribution in [2.75, 3.05) is 13.2 Å². The summed E-state index contributed by atoms with van der Waals surface area (Å²) in [7, 11) is 0. The van der Waals surface area contributed by atoms with E-state index in [4.69, 9.17) is 10.5 Å². The number of carbonyl (C=O) groups is 1. The van der Waals surface area contributed by atoms with Crippen LogP contribution in [0.3, 0.4) is 0 Å². The lowest BCUT2D eigenvalue weighted by atomic mass is 10.1. The molecule has 100 valence electrons. The maximum atomic E-state index is 11.5. The molecule has 3 N–H and O–H groups in total. The molecule has 0 saturated carbocycles. The van der Waals surface area contributed by atoms with Crippen molar-refractivity contribution in [2.45, 2.75) is 33.2 Å². The molecule has 0 bridgehead atoms. The van der Waals surface area contributed by atoms with Gasteiger partial charge in [-0.05, 0) is 19.4 Å². The molecule has 0 spiro atoms. The van der Waals surface area contributed by atoms with Crippen molar-refractivity contribution >= 4 is 5.91 Å². The summed E-state index contributed by atoms with van der Waals surface area (Å²) in [4.78, 5) is 11.5. The highest BCUT2D eigenvalue weighted by atomic mass is 16.5. The van der Waals surface area contributed by atoms with Gasteiger partial charge in [-0.1, -0.05) is 31.0 Å². The van der Waals surface area contributed by atoms with Gasteiger partial charge in [0.05, 0.1) is 0 Å². The van der Waals surface area contributed by atoms with Gasteiger partial charge >= 0.3 is 0 Å². The van der Waals surface area contributed by atoms with Crippen LogP contribution in [-0.4, -0.2) is 19.1 Å². The van der Waals surface area contributed by atoms with Crippen LogP contribution in [0.2, 0.25) is 0 Å². The van der Waals surface area contributed by atoms with Crippen LogP contribution in [0.25, 0.3) is 0 Å². The summed E-state index contributed by atoms with van der Waals surface area (Å²) in [6.45, 7) is 5.24. The van der Waals surface area contributed by atoms with E-state index >= 15 is 0 Å². The molecule has 0 heterocycles. The number of amides is 1. The molecular weight excluding hydrogens is 228 g/mol. The van der Waals surface area contributed by atoms with E-state index in [1.54, 1.807) is 0 Å². The smallest absolute Gasteiger partial charge is 0.257 e. The molecule has 0 aliphatic heterocycles. The molecule has 1 amide bonds. The zero-order chi connectivity index (χ0) is 13.4. The SMILES string of the molecule is CCCCNC(=O)COc1ccc(C)cc1CN. The van der Waals surface area contributed by atoms with Gasteiger partial charge in [-0.25, -0.2) is 0 Å². The molecule has 0 atom stereocenters. The number of hydrogen-bond donors (Lipinski definition) is 2. The predicted octanol–water partition coefficient (Wildman–Crippen LogP) is 1.75. The molecular formula is C14H22N2O2. The number of ether oxygens (including phenoxy) is 1. The van der Waals surface area contributed by atoms with Crippen molar-refractivity contribution in [3.63, 3.8) is 0 Å². The Hall–Kier alpha value is -1.55. The van der Waals surface area contributed by atoms with Crippen molar-refractivity contribution < 1.29 is 9.53 Å². The Kier molecular flexibility index (Phi) is 6.22. The maximum Gasteiger partial charge on any atom is 0.257 e. The number of hydrogen-bond acceptors (Lipinski definition) is 3. The van der Waals surface area contributed by atoms with Gasteiger partial charge in [0.2, 0.25) is 0 Å². The standard InChI is InChI=1S/C14H22N2O2/c1-3-4-7-16-14(17)10-18-13-6-5-11(2)8-12(13)9-15/h5-6,8H,3-4,7,9-10,15H2,1-2H3,(H,16,17). The first-order chi connectivity index (χ1) is 8.67. The molecule has 0 aromatic heterocycles. The Morgan fingerprint density at radius 2 is 2.22 bits per heavy atom. The maximum absolute atomic E-state index is 11.5. The van der Waals surface area contributed by atoms with Gasteiger partial charge < -0.3 is 15.8 Å². The van der Waals surface area contributed by atoms with E-state index < -0.39 is 0 Å². The van der Waals surface area contributed by atoms with Crippen LogP contribution in [0, 0.1) is 6.92 Å². The number of benzene rings is 1. The summed E-state index contributed by atoms with van der Waals surface area (Å²) >= 11 is 0. The molecule has 0 aliphatic rings. The monoisotopic (exact) mass is 250 g/mol. The number of carbonyl (C=O) groups excluding carboxylic acids is 1. The first-order valence-corrected chi connectivity index (χ1v) is 6.36. The van der Waals surface area contributed by atoms with Gasteiger partial charge in [0.1, 0.15) is 5.75 Å². The molecule has 0 aliphatic carbocycles. The number of rotatable bonds is 7. The van der Waals surface area contributed by atoms with Crippen molar-refractivity contribution in [3.05, 3.63) is 29.3 Å². The van der Waals surface area contributed by atoms with Gasteiger partial charge in [-0.2, -0.15) is 0 Å². The third kappa shape index (κ3) is 4.75. The number of unbranched alkanes of at least 4 members (excludes halogenated alkanes) is 1. The van der Waals surface area contributed by atoms with Crippen molar-refractivity contribution in [1.82, 2.24) is 5.32 Å². The molecule has 1 aromatic carbocycles. The first kappa shape index (κ1) is 14.5. The Bertz CT molecular complexity index is 391. The van der Waals surface area contributed by atoms with E-state index in [-0.39, 0.29) is 12.5 Å². The summed E-state index contributed by atoms with van der Waals surface area (Å²) < 4.78 is 5.48. The third-order valence-corrected chi connectivity index (χ3v) is 2.65. The fourth-order valence-corrected chi connectivity index (χ4v) is 1.61. The molecule has 0 radical (unpaired) electrons. The molecule has 1 aromatic rings. The average Bonchev–Trinajstić information content (AvgIpc) is 2.37. The molecule has 4 nitrogen and oxygen atoms in total. The average molecular weight is 250 g/mol. The molecule has 0 unspecified atom stereocenters. The largest absolute Gasteiger partial charge is 0.483 e. The lowest BCUT2D eigenvalue weighted by Crippen LogP contribution is -2.29. The fraction of sp³-hybridized carbons (Fsp3) is 0.500. The highest BCUT2D eigenvalue weighted by molar-refractivity contribution is 5.77. The zero-order valence-corrected chi connectivity index (χ0v) is 11.2. The Morgan fingerprint density at radius 1 is 1.44 bits per heavy atom. The van der Waals surface area contributed by atoms with Gasteiger partial charge in [-0.15, -0.1) is 0 Å². The predicted molar refractivity (Wildman–Crippen MR) is 72.5 cm³/mol. The summed E-state index contributed by atoms with van der Waals surface area (Å²) in [6, 6.07) is 5.78. The third-order valence-electron chi connectivity index (χ3n) is 2.65. The highest BCUT2D eigenvalue weighted by Crippen LogP contribution is 2.19. The minimum atomic E-state index is -0.0907. The second kappa shape index (κ2) is 7.71. The van der Waals surface area contributed by atoms with Crippen LogP contribution in [-0.2, 0) is 11.3 Å². The minimum Gasteiger partial charge on any atom is -0.483 e. The van der Waals surface area contributed by atoms with E-state index in [1.807, 2.05) is 25.1 Å². The van der Waals surface area contributed by atoms with Crippen molar-refractivity contribution in [1.29, 1.82) is 0 Å².